The summed E-state index contributed by atoms with van der Waals surface area (Å²) in [4.78, 5) is 26.7. The van der Waals surface area contributed by atoms with Gasteiger partial charge in [-0.1, -0.05) is 6.07 Å². The van der Waals surface area contributed by atoms with Crippen molar-refractivity contribution in [3.8, 4) is 11.4 Å². The lowest BCUT2D eigenvalue weighted by molar-refractivity contribution is -0.117. The zero-order valence-electron chi connectivity index (χ0n) is 17.5. The molecule has 1 aromatic carbocycles. The van der Waals surface area contributed by atoms with Crippen LogP contribution >= 0.6 is 0 Å². The summed E-state index contributed by atoms with van der Waals surface area (Å²) < 4.78 is 3.88. The molecule has 1 unspecified atom stereocenters. The molecule has 0 bridgehead atoms. The number of anilines is 1. The predicted molar refractivity (Wildman–Crippen MR) is 114 cm³/mol. The van der Waals surface area contributed by atoms with E-state index in [1.54, 1.807) is 21.8 Å². The van der Waals surface area contributed by atoms with Crippen LogP contribution < -0.4 is 10.2 Å². The molecule has 0 spiro atoms. The van der Waals surface area contributed by atoms with Crippen molar-refractivity contribution in [3.63, 3.8) is 0 Å². The first-order chi connectivity index (χ1) is 15.1. The summed E-state index contributed by atoms with van der Waals surface area (Å²) in [5.74, 6) is 1.76. The van der Waals surface area contributed by atoms with Crippen molar-refractivity contribution >= 4 is 17.5 Å². The number of carbonyl (C=O) groups is 2. The van der Waals surface area contributed by atoms with E-state index in [2.05, 4.69) is 25.2 Å². The topological polar surface area (TPSA) is 97.9 Å². The largest absolute Gasteiger partial charge is 0.349 e. The van der Waals surface area contributed by atoms with Gasteiger partial charge in [0, 0.05) is 56.5 Å². The van der Waals surface area contributed by atoms with Crippen LogP contribution in [0.15, 0.2) is 36.7 Å². The highest BCUT2D eigenvalue weighted by molar-refractivity contribution is 5.99. The Bertz CT molecular complexity index is 1130. The van der Waals surface area contributed by atoms with E-state index in [-0.39, 0.29) is 17.9 Å². The zero-order valence-corrected chi connectivity index (χ0v) is 17.5. The molecule has 31 heavy (non-hydrogen) atoms. The van der Waals surface area contributed by atoms with E-state index >= 15 is 0 Å². The lowest BCUT2D eigenvalue weighted by atomic mass is 10.1. The van der Waals surface area contributed by atoms with Gasteiger partial charge in [0.25, 0.3) is 5.91 Å². The molecule has 2 amide bonds. The molecule has 9 heteroatoms. The molecule has 160 valence electrons. The molecule has 2 aliphatic heterocycles. The van der Waals surface area contributed by atoms with Crippen LogP contribution in [0.3, 0.4) is 0 Å². The summed E-state index contributed by atoms with van der Waals surface area (Å²) in [6, 6.07) is 7.38. The smallest absolute Gasteiger partial charge is 0.251 e. The fourth-order valence-corrected chi connectivity index (χ4v) is 4.39. The zero-order chi connectivity index (χ0) is 21.4. The number of fused-ring (bicyclic) bond motifs is 1. The van der Waals surface area contributed by atoms with Gasteiger partial charge in [-0.15, -0.1) is 10.2 Å². The fourth-order valence-electron chi connectivity index (χ4n) is 4.39. The van der Waals surface area contributed by atoms with Crippen molar-refractivity contribution in [2.75, 3.05) is 11.4 Å². The molecule has 9 nitrogen and oxygen atoms in total. The maximum absolute atomic E-state index is 12.9. The van der Waals surface area contributed by atoms with Gasteiger partial charge in [0.2, 0.25) is 5.91 Å². The van der Waals surface area contributed by atoms with Crippen molar-refractivity contribution in [2.24, 2.45) is 7.05 Å². The summed E-state index contributed by atoms with van der Waals surface area (Å²) in [6.07, 6.45) is 7.51. The molecule has 2 aliphatic rings. The number of aryl methyl sites for hydroxylation is 2. The Labute approximate surface area is 180 Å². The first-order valence-corrected chi connectivity index (χ1v) is 10.7. The first-order valence-electron chi connectivity index (χ1n) is 10.7. The van der Waals surface area contributed by atoms with Gasteiger partial charge in [-0.25, -0.2) is 0 Å². The summed E-state index contributed by atoms with van der Waals surface area (Å²) in [7, 11) is 1.88. The van der Waals surface area contributed by atoms with Gasteiger partial charge in [0.05, 0.1) is 11.8 Å². The van der Waals surface area contributed by atoms with Gasteiger partial charge in [-0.05, 0) is 37.5 Å². The fraction of sp³-hybridized carbons (Fsp3) is 0.409. The van der Waals surface area contributed by atoms with Gasteiger partial charge in [-0.3, -0.25) is 14.3 Å². The number of amides is 2. The number of aromatic nitrogens is 5. The van der Waals surface area contributed by atoms with Crippen LogP contribution in [0.2, 0.25) is 0 Å². The van der Waals surface area contributed by atoms with Gasteiger partial charge < -0.3 is 14.8 Å². The second-order valence-electron chi connectivity index (χ2n) is 8.19. The van der Waals surface area contributed by atoms with E-state index in [1.165, 1.54) is 0 Å². The Kier molecular flexibility index (Phi) is 5.01. The Hall–Kier alpha value is -3.49. The van der Waals surface area contributed by atoms with Crippen LogP contribution in [0.5, 0.6) is 0 Å². The minimum Gasteiger partial charge on any atom is -0.349 e. The molecule has 0 radical (unpaired) electrons. The van der Waals surface area contributed by atoms with Crippen molar-refractivity contribution in [3.05, 3.63) is 48.0 Å². The van der Waals surface area contributed by atoms with E-state index in [0.29, 0.717) is 18.5 Å². The SMILES string of the molecule is Cn1cc(-c2nnc3n2CCC(NC(=O)c2cccc(N4CCCC4=O)c2)CC3)cn1. The maximum Gasteiger partial charge on any atom is 0.251 e. The number of nitrogens with one attached hydrogen (secondary N) is 1. The maximum atomic E-state index is 12.9. The summed E-state index contributed by atoms with van der Waals surface area (Å²) in [5, 5.41) is 16.1. The number of benzene rings is 1. The molecular formula is C22H25N7O2. The average Bonchev–Trinajstić information content (AvgIpc) is 3.47. The van der Waals surface area contributed by atoms with Crippen molar-refractivity contribution in [2.45, 2.75) is 44.7 Å². The highest BCUT2D eigenvalue weighted by Crippen LogP contribution is 2.24. The van der Waals surface area contributed by atoms with Gasteiger partial charge in [-0.2, -0.15) is 5.10 Å². The Morgan fingerprint density at radius 1 is 1.16 bits per heavy atom. The van der Waals surface area contributed by atoms with Crippen LogP contribution in [0.4, 0.5) is 5.69 Å². The third kappa shape index (κ3) is 3.83. The molecule has 5 rings (SSSR count). The summed E-state index contributed by atoms with van der Waals surface area (Å²) >= 11 is 0. The minimum absolute atomic E-state index is 0.0491. The van der Waals surface area contributed by atoms with Crippen molar-refractivity contribution in [1.82, 2.24) is 29.9 Å². The summed E-state index contributed by atoms with van der Waals surface area (Å²) in [6.45, 7) is 1.45. The standard InChI is InChI=1S/C22H25N7O2/c1-27-14-16(13-23-27)21-26-25-19-8-7-17(9-11-29(19)21)24-22(31)15-4-2-5-18(12-15)28-10-3-6-20(28)30/h2,4-5,12-14,17H,3,6-11H2,1H3,(H,24,31). The van der Waals surface area contributed by atoms with E-state index in [4.69, 9.17) is 0 Å². The second-order valence-corrected chi connectivity index (χ2v) is 8.19. The number of rotatable bonds is 4. The Morgan fingerprint density at radius 3 is 2.84 bits per heavy atom. The van der Waals surface area contributed by atoms with Crippen LogP contribution in [0, 0.1) is 0 Å². The number of hydrogen-bond acceptors (Lipinski definition) is 5. The van der Waals surface area contributed by atoms with Gasteiger partial charge >= 0.3 is 0 Å². The highest BCUT2D eigenvalue weighted by Gasteiger charge is 2.25. The molecular weight excluding hydrogens is 394 g/mol. The molecule has 1 atom stereocenters. The quantitative estimate of drug-likeness (QED) is 0.697. The summed E-state index contributed by atoms with van der Waals surface area (Å²) in [5.41, 5.74) is 2.32. The molecule has 4 heterocycles. The molecule has 3 aromatic rings. The third-order valence-corrected chi connectivity index (χ3v) is 6.04. The number of carbonyl (C=O) groups excluding carboxylic acids is 2. The Morgan fingerprint density at radius 2 is 2.06 bits per heavy atom. The van der Waals surface area contributed by atoms with Crippen molar-refractivity contribution in [1.29, 1.82) is 0 Å². The predicted octanol–water partition coefficient (Wildman–Crippen LogP) is 1.94. The number of hydrogen-bond donors (Lipinski definition) is 1. The average molecular weight is 419 g/mol. The molecule has 0 saturated carbocycles. The molecule has 1 saturated heterocycles. The van der Waals surface area contributed by atoms with E-state index in [0.717, 1.165) is 55.1 Å². The van der Waals surface area contributed by atoms with E-state index in [9.17, 15) is 9.59 Å². The van der Waals surface area contributed by atoms with Gasteiger partial charge in [0.15, 0.2) is 5.82 Å². The van der Waals surface area contributed by atoms with E-state index in [1.807, 2.05) is 31.4 Å². The second kappa shape index (κ2) is 7.98. The monoisotopic (exact) mass is 419 g/mol. The van der Waals surface area contributed by atoms with Crippen LogP contribution in [0.25, 0.3) is 11.4 Å². The molecule has 1 fully saturated rings. The lowest BCUT2D eigenvalue weighted by Gasteiger charge is -2.19. The minimum atomic E-state index is -0.108. The molecule has 1 N–H and O–H groups in total. The van der Waals surface area contributed by atoms with Crippen LogP contribution in [-0.2, 0) is 24.8 Å². The lowest BCUT2D eigenvalue weighted by Crippen LogP contribution is -2.35. The van der Waals surface area contributed by atoms with E-state index < -0.39 is 0 Å². The van der Waals surface area contributed by atoms with Crippen molar-refractivity contribution < 1.29 is 9.59 Å². The third-order valence-electron chi connectivity index (χ3n) is 6.04. The molecule has 2 aromatic heterocycles. The van der Waals surface area contributed by atoms with Crippen LogP contribution in [-0.4, -0.2) is 48.9 Å². The highest BCUT2D eigenvalue weighted by atomic mass is 16.2. The normalized spacial score (nSPS) is 18.7. The number of nitrogens with zero attached hydrogens (tertiary/aromatic N) is 6. The van der Waals surface area contributed by atoms with Gasteiger partial charge in [0.1, 0.15) is 5.82 Å². The molecule has 0 aliphatic carbocycles. The Balaban J connectivity index is 1.27. The van der Waals surface area contributed by atoms with Crippen LogP contribution in [0.1, 0.15) is 41.9 Å². The first kappa shape index (κ1) is 19.5.